The Morgan fingerprint density at radius 1 is 0.343 bits per heavy atom. The first-order valence-electron chi connectivity index (χ1n) is 40.5. The highest BCUT2D eigenvalue weighted by Crippen LogP contribution is 2.48. The molecule has 0 aliphatic carbocycles. The van der Waals surface area contributed by atoms with Gasteiger partial charge in [0.25, 0.3) is 17.4 Å². The fourth-order valence-corrected chi connectivity index (χ4v) is 15.9. The van der Waals surface area contributed by atoms with Crippen molar-refractivity contribution in [3.63, 3.8) is 0 Å². The van der Waals surface area contributed by atoms with Crippen molar-refractivity contribution in [3.8, 4) is 0 Å². The second-order valence-electron chi connectivity index (χ2n) is 30.7. The number of hydrogen-bond acceptors (Lipinski definition) is 45. The van der Waals surface area contributed by atoms with Gasteiger partial charge in [-0.2, -0.15) is 52.7 Å². The molecule has 0 spiro atoms. The minimum Gasteiger partial charge on any atom is -0.466 e. The predicted octanol–water partition coefficient (Wildman–Crippen LogP) is 0.131. The Labute approximate surface area is 786 Å². The van der Waals surface area contributed by atoms with Gasteiger partial charge in [0, 0.05) is 94.4 Å². The Hall–Kier alpha value is -12.2. The molecule has 4 fully saturated rings. The normalized spacial score (nSPS) is 26.4. The molecule has 0 unspecified atom stereocenters. The maximum atomic E-state index is 15.1. The maximum absolute atomic E-state index is 15.1. The molecule has 1 aromatic carbocycles. The first kappa shape index (κ1) is 118. The molecule has 140 heavy (non-hydrogen) atoms. The fourth-order valence-electron chi connectivity index (χ4n) is 14.7. The number of alkyl halides is 12. The van der Waals surface area contributed by atoms with Crippen LogP contribution in [0.3, 0.4) is 0 Å². The van der Waals surface area contributed by atoms with Crippen molar-refractivity contribution in [3.05, 3.63) is 29.8 Å². The smallest absolute Gasteiger partial charge is 0.466 e. The van der Waals surface area contributed by atoms with E-state index in [1.54, 1.807) is 6.92 Å². The third kappa shape index (κ3) is 32.4. The molecule has 0 aromatic heterocycles. The molecule has 61 heteroatoms. The zero-order valence-electron chi connectivity index (χ0n) is 76.5. The molecule has 0 bridgehead atoms. The average molecular weight is 2070 g/mol. The summed E-state index contributed by atoms with van der Waals surface area (Å²) >= 11 is 0.381. The van der Waals surface area contributed by atoms with Crippen molar-refractivity contribution in [1.29, 1.82) is 0 Å². The zero-order valence-corrected chi connectivity index (χ0v) is 77.3. The van der Waals surface area contributed by atoms with Crippen LogP contribution < -0.4 is 21.3 Å². The lowest BCUT2D eigenvalue weighted by atomic mass is 9.87. The molecule has 4 aliphatic heterocycles. The number of aliphatic hydroxyl groups excluding tert-OH is 1. The van der Waals surface area contributed by atoms with Crippen LogP contribution in [0.1, 0.15) is 114 Å². The number of rotatable bonds is 40. The van der Waals surface area contributed by atoms with E-state index in [0.717, 1.165) is 14.0 Å². The van der Waals surface area contributed by atoms with Crippen molar-refractivity contribution >= 4 is 131 Å². The van der Waals surface area contributed by atoms with Gasteiger partial charge in [-0.3, -0.25) is 76.7 Å². The number of esters is 16. The summed E-state index contributed by atoms with van der Waals surface area (Å²) in [5.74, 6) is -50.6. The van der Waals surface area contributed by atoms with Crippen LogP contribution in [0.2, 0.25) is 0 Å². The number of benzene rings is 1. The van der Waals surface area contributed by atoms with E-state index in [2.05, 4.69) is 0 Å². The summed E-state index contributed by atoms with van der Waals surface area (Å²) < 4.78 is 303. The summed E-state index contributed by atoms with van der Waals surface area (Å²) in [4.78, 5) is 269. The number of carbonyl (C=O) groups is 20. The lowest BCUT2D eigenvalue weighted by Crippen LogP contribution is -2.71. The van der Waals surface area contributed by atoms with Crippen molar-refractivity contribution in [2.75, 3.05) is 54.9 Å². The van der Waals surface area contributed by atoms with Crippen LogP contribution in [-0.2, 0) is 205 Å². The molecular weight excluding hydrogens is 1970 g/mol. The lowest BCUT2D eigenvalue weighted by molar-refractivity contribution is -0.335. The molecule has 4 aliphatic rings. The minimum absolute atomic E-state index is 0.0424. The molecule has 5 rings (SSSR count). The third-order valence-corrected chi connectivity index (χ3v) is 21.1. The van der Waals surface area contributed by atoms with Gasteiger partial charge in [-0.25, -0.2) is 19.2 Å². The van der Waals surface area contributed by atoms with Gasteiger partial charge < -0.3 is 135 Å². The highest BCUT2D eigenvalue weighted by atomic mass is 32.2. The van der Waals surface area contributed by atoms with Crippen LogP contribution in [0.15, 0.2) is 29.2 Å². The lowest BCUT2D eigenvalue weighted by Gasteiger charge is -2.50. The Morgan fingerprint density at radius 3 is 0.843 bits per heavy atom. The summed E-state index contributed by atoms with van der Waals surface area (Å²) in [6, 6.07) is -5.70. The van der Waals surface area contributed by atoms with Crippen molar-refractivity contribution < 1.29 is 263 Å². The SMILES string of the molecule is COC(=O)[C@@]1(OC[C@@H](OC(C)=O)[C@@H](OC(C)=O)[C@@H]2O[C@@](OC[C@@H](OC(C)=O)[C@@H](OC(C)=O)[C@@H]3O[C@@](OC[C@@H](O)[C@@H](OC(C)=O)[C@@H]4O[C@@](Sc5ccc(C)cc5)(C(=O)OC)C[C@H](OC(C)=O)[C@H]4NC(=O)C(F)(F)F)(C(=O)OC)C[C@H](OC(C)=O)[C@H]3NC(=O)C(F)(F)F)(C(=O)OC)C[C@H](OC(C)=O)[C@H]2NC(=O)C(F)(F)F)C[C@H](OC(C)=O)[C@@H](NC(=O)C(F)(F)F)[C@H]([C@H](OC(C)=O)[C@@H](COC(C)=O)OC(C)=O)O1. The van der Waals surface area contributed by atoms with E-state index in [9.17, 15) is 149 Å². The summed E-state index contributed by atoms with van der Waals surface area (Å²) in [6.45, 7) is 0.796. The van der Waals surface area contributed by atoms with Gasteiger partial charge in [-0.1, -0.05) is 29.5 Å². The third-order valence-electron chi connectivity index (χ3n) is 19.8. The monoisotopic (exact) mass is 2060 g/mol. The second-order valence-corrected chi connectivity index (χ2v) is 32.0. The summed E-state index contributed by atoms with van der Waals surface area (Å²) in [5.41, 5.74) is 0.578. The van der Waals surface area contributed by atoms with Gasteiger partial charge in [0.1, 0.15) is 61.5 Å². The van der Waals surface area contributed by atoms with E-state index in [-0.39, 0.29) is 4.90 Å². The van der Waals surface area contributed by atoms with Crippen LogP contribution in [0.25, 0.3) is 0 Å². The first-order chi connectivity index (χ1) is 64.6. The second kappa shape index (κ2) is 49.3. The van der Waals surface area contributed by atoms with Crippen LogP contribution in [0, 0.1) is 6.92 Å². The summed E-state index contributed by atoms with van der Waals surface area (Å²) in [5, 5.41) is 18.1. The number of hydrogen-bond donors (Lipinski definition) is 5. The van der Waals surface area contributed by atoms with Crippen LogP contribution in [0.4, 0.5) is 52.7 Å². The molecule has 0 saturated carbocycles. The molecule has 0 radical (unpaired) electrons. The average Bonchev–Trinajstić information content (AvgIpc) is 0.755. The number of amides is 4. The number of nitrogens with one attached hydrogen (secondary N) is 4. The molecule has 1 aromatic rings. The quantitative estimate of drug-likeness (QED) is 0.0331. The molecule has 4 saturated heterocycles. The first-order valence-corrected chi connectivity index (χ1v) is 41.3. The number of aliphatic hydroxyl groups is 1. The van der Waals surface area contributed by atoms with Crippen LogP contribution in [0.5, 0.6) is 0 Å². The van der Waals surface area contributed by atoms with Gasteiger partial charge >= 0.3 is 144 Å². The van der Waals surface area contributed by atoms with Crippen LogP contribution in [-0.4, -0.2) is 348 Å². The van der Waals surface area contributed by atoms with E-state index < -0.39 is 340 Å². The van der Waals surface area contributed by atoms with Gasteiger partial charge in [0.2, 0.25) is 4.93 Å². The molecule has 48 nitrogen and oxygen atoms in total. The Bertz CT molecular complexity index is 4720. The number of methoxy groups -OCH3 is 4. The molecular formula is C79H96F12N4O44S. The molecule has 5 N–H and O–H groups in total. The number of thioether (sulfide) groups is 1. The summed E-state index contributed by atoms with van der Waals surface area (Å²) in [7, 11) is 2.09. The Balaban J connectivity index is 1.90. The van der Waals surface area contributed by atoms with Crippen molar-refractivity contribution in [1.82, 2.24) is 21.3 Å². The van der Waals surface area contributed by atoms with E-state index in [4.69, 9.17) is 109 Å². The van der Waals surface area contributed by atoms with Crippen LogP contribution >= 0.6 is 11.8 Å². The highest BCUT2D eigenvalue weighted by molar-refractivity contribution is 8.01. The predicted molar refractivity (Wildman–Crippen MR) is 418 cm³/mol. The van der Waals surface area contributed by atoms with E-state index >= 15 is 4.79 Å². The van der Waals surface area contributed by atoms with Gasteiger partial charge in [-0.15, -0.1) is 0 Å². The number of halogens is 12. The number of carbonyl (C=O) groups excluding carboxylic acids is 20. The van der Waals surface area contributed by atoms with E-state index in [1.807, 2.05) is 0 Å². The van der Waals surface area contributed by atoms with Crippen molar-refractivity contribution in [2.45, 2.75) is 289 Å². The van der Waals surface area contributed by atoms with Crippen molar-refractivity contribution in [2.24, 2.45) is 0 Å². The molecule has 4 heterocycles. The van der Waals surface area contributed by atoms with Gasteiger partial charge in [0.15, 0.2) is 42.7 Å². The molecule has 24 atom stereocenters. The van der Waals surface area contributed by atoms with Gasteiger partial charge in [0.05, 0.1) is 91.7 Å². The largest absolute Gasteiger partial charge is 0.471 e. The number of aryl methyl sites for hydroxylation is 1. The Kier molecular flexibility index (Phi) is 41.6. The Morgan fingerprint density at radius 2 is 0.593 bits per heavy atom. The fraction of sp³-hybridized carbons (Fsp3) is 0.671. The summed E-state index contributed by atoms with van der Waals surface area (Å²) in [6.07, 6.45) is -76.5. The topological polar surface area (TPSA) is 622 Å². The highest BCUT2D eigenvalue weighted by Gasteiger charge is 2.68. The standard InChI is InChI=1S/C79H96F12N4O44S/c1-30-18-20-43(21-19-30)140-75(71(116)120-17)25-48(128-35(6)100)55(95-67(112)79(89,90)91)60(139-75)56(132-39(10)104)44(108)26-122-72(68(113)117-14)22-45(125-32(3)97)53(93-65(110)77(83,84)85)62(136-72)58(134-41(12)106)50(130-37(8)102)28-124-74(70(115)119-16)24-47(127-34(5)99)54(94-66(111)78(86,87)88)63(138-74)59(135-42(13)107)51(131-38(9)103)29-123-73(69(114)118-15)23-46(126-33(4)98)52(92-64(109)76(80,81)82)61(137-73)57(133-40(11)105)49(129-36(7)101)27-121-31(2)96/h18-21,44-63,108H,22-29H2,1-17H3,(H,92,109)(H,93,110)(H,94,111)(H,95,112)/t44-,45+,46+,47+,48+,49-,50-,51-,52-,53-,54-,55-,56-,57-,58-,59-,60-,61-,62-,63-,72-,73-,74-,75+/m1/s1. The number of ether oxygens (including phenoxy) is 23. The molecule has 786 valence electrons. The van der Waals surface area contributed by atoms with E-state index in [1.165, 1.54) is 45.5 Å². The maximum Gasteiger partial charge on any atom is 0.471 e. The minimum atomic E-state index is -6.16. The zero-order chi connectivity index (χ0) is 107. The molecule has 4 amide bonds. The van der Waals surface area contributed by atoms with E-state index in [0.29, 0.717) is 115 Å². The van der Waals surface area contributed by atoms with Gasteiger partial charge in [-0.05, 0) is 19.1 Å².